The molecular formula is C89H79N31O7. The summed E-state index contributed by atoms with van der Waals surface area (Å²) < 4.78 is 0. The molecule has 7 amide bonds. The van der Waals surface area contributed by atoms with Gasteiger partial charge in [-0.05, 0) is 128 Å². The molecular weight excluding hydrogens is 1620 g/mol. The van der Waals surface area contributed by atoms with Crippen molar-refractivity contribution in [1.29, 1.82) is 10.5 Å². The number of benzene rings is 7. The van der Waals surface area contributed by atoms with E-state index in [0.29, 0.717) is 92.8 Å². The van der Waals surface area contributed by atoms with Crippen LogP contribution >= 0.6 is 0 Å². The Bertz CT molecular complexity index is 6840. The van der Waals surface area contributed by atoms with Gasteiger partial charge in [0.25, 0.3) is 41.4 Å². The first-order valence-electron chi connectivity index (χ1n) is 39.7. The molecule has 11 heterocycles. The van der Waals surface area contributed by atoms with E-state index < -0.39 is 23.6 Å². The van der Waals surface area contributed by atoms with Crippen molar-refractivity contribution in [3.8, 4) is 57.2 Å². The number of imidazole rings is 3. The molecule has 18 rings (SSSR count). The largest absolute Gasteiger partial charge is 0.382 e. The molecule has 127 heavy (non-hydrogen) atoms. The van der Waals surface area contributed by atoms with E-state index >= 15 is 0 Å². The number of nitrogen functional groups attached to an aromatic ring is 4. The third kappa shape index (κ3) is 19.9. The van der Waals surface area contributed by atoms with E-state index in [1.165, 1.54) is 42.1 Å². The summed E-state index contributed by atoms with van der Waals surface area (Å²) in [6.07, 6.45) is 12.4. The number of nitrogens with one attached hydrogen (secondary N) is 10. The Morgan fingerprint density at radius 2 is 0.827 bits per heavy atom. The van der Waals surface area contributed by atoms with Crippen LogP contribution in [0, 0.1) is 22.7 Å². The zero-order chi connectivity index (χ0) is 88.6. The molecule has 2 aliphatic heterocycles. The lowest BCUT2D eigenvalue weighted by atomic mass is 10.0. The van der Waals surface area contributed by atoms with Gasteiger partial charge in [-0.15, -0.1) is 0 Å². The van der Waals surface area contributed by atoms with Crippen LogP contribution in [0.25, 0.3) is 89.0 Å². The van der Waals surface area contributed by atoms with Crippen molar-refractivity contribution in [2.24, 2.45) is 0 Å². The molecule has 16 aromatic rings. The summed E-state index contributed by atoms with van der Waals surface area (Å²) in [7, 11) is 3.38. The number of hydrogen-bond donors (Lipinski definition) is 14. The Labute approximate surface area is 722 Å². The van der Waals surface area contributed by atoms with E-state index in [1.807, 2.05) is 126 Å². The third-order valence-electron chi connectivity index (χ3n) is 20.1. The van der Waals surface area contributed by atoms with Crippen LogP contribution < -0.4 is 54.8 Å². The van der Waals surface area contributed by atoms with E-state index in [1.54, 1.807) is 79.7 Å². The first kappa shape index (κ1) is 84.4. The molecule has 0 radical (unpaired) electrons. The minimum atomic E-state index is -0.596. The standard InChI is InChI=1S/C25H23N9O2.C25H25N7O2.C21H19N7O2.C18H12N8O/c26-13-16-12-15(24(36)34-10-3-8-28-9-11-34)6-7-17(16)20-14-29-22(27)21(30-20)23(35)33-25-31-18-4-1-2-5-19(18)32-25;26-23-22(24(33)30-19-7-6-17-8-10-28-20(17)14-19)31-21(15-29-23)16-2-4-18(5-3-16)25(34)32-12-1-9-27-11-13-32;1-28(2)20(30)13-9-7-12(8-10-13)16-11-23-18(22)17(24-16)19(29)27-21-25-14-5-3-4-6-15(14)26-21;19-7-10-8-21-6-5-11(10)14-9-22-16(20)15(23-14)17(27)26-18-24-12-3-1-2-4-13(12)25-18/h1-2,4-7,12,14,28H,3,8-11H2,(H2,27,29)(H2,31,32,33,35);2-8,10,14-15,27-28H,1,9,11-13H2,(H2,26,29)(H,30,33);3-11H,1-2H3,(H2,22,23)(H2,25,26,27,29);1-6,8-9H,(H2,20,22)(H2,24,25,26,27). The molecule has 9 aromatic heterocycles. The third-order valence-corrected chi connectivity index (χ3v) is 20.1. The van der Waals surface area contributed by atoms with Crippen molar-refractivity contribution in [1.82, 2.24) is 105 Å². The lowest BCUT2D eigenvalue weighted by Crippen LogP contribution is -2.34. The van der Waals surface area contributed by atoms with Crippen LogP contribution in [0.3, 0.4) is 0 Å². The molecule has 0 spiro atoms. The van der Waals surface area contributed by atoms with Gasteiger partial charge in [-0.25, -0.2) is 54.8 Å². The first-order valence-corrected chi connectivity index (χ1v) is 39.7. The molecule has 0 aliphatic carbocycles. The van der Waals surface area contributed by atoms with Crippen LogP contribution in [-0.2, 0) is 0 Å². The number of fused-ring (bicyclic) bond motifs is 4. The number of nitrogens with zero attached hydrogens (tertiary/aromatic N) is 17. The van der Waals surface area contributed by atoms with Gasteiger partial charge in [-0.3, -0.25) is 54.5 Å². The molecule has 18 N–H and O–H groups in total. The molecule has 2 aliphatic rings. The van der Waals surface area contributed by atoms with Gasteiger partial charge in [0.2, 0.25) is 17.8 Å². The van der Waals surface area contributed by atoms with Gasteiger partial charge in [-0.2, -0.15) is 10.5 Å². The van der Waals surface area contributed by atoms with Crippen molar-refractivity contribution < 1.29 is 33.6 Å². The number of rotatable bonds is 15. The molecule has 2 saturated heterocycles. The molecule has 0 bridgehead atoms. The Balaban J connectivity index is 0.000000131. The van der Waals surface area contributed by atoms with Gasteiger partial charge in [0.1, 0.15) is 6.07 Å². The summed E-state index contributed by atoms with van der Waals surface area (Å²) in [6.45, 7) is 6.02. The highest BCUT2D eigenvalue weighted by Gasteiger charge is 2.26. The maximum Gasteiger partial charge on any atom is 0.280 e. The van der Waals surface area contributed by atoms with E-state index in [4.69, 9.17) is 22.9 Å². The topological polar surface area (TPSA) is 571 Å². The molecule has 0 atom stereocenters. The van der Waals surface area contributed by atoms with Gasteiger partial charge < -0.3 is 73.5 Å². The number of aromatic nitrogens is 16. The van der Waals surface area contributed by atoms with Crippen LogP contribution in [-0.4, -0.2) is 202 Å². The Morgan fingerprint density at radius 3 is 1.28 bits per heavy atom. The van der Waals surface area contributed by atoms with Crippen molar-refractivity contribution in [3.63, 3.8) is 0 Å². The average molecular weight is 1690 g/mol. The molecule has 38 heteroatoms. The van der Waals surface area contributed by atoms with Crippen LogP contribution in [0.1, 0.15) is 97.0 Å². The van der Waals surface area contributed by atoms with Crippen molar-refractivity contribution >= 4 is 132 Å². The minimum absolute atomic E-state index is 0.00627. The highest BCUT2D eigenvalue weighted by atomic mass is 16.2. The maximum absolute atomic E-state index is 13.0. The highest BCUT2D eigenvalue weighted by molar-refractivity contribution is 6.09. The summed E-state index contributed by atoms with van der Waals surface area (Å²) in [4.78, 5) is 157. The van der Waals surface area contributed by atoms with Crippen molar-refractivity contribution in [2.45, 2.75) is 12.8 Å². The van der Waals surface area contributed by atoms with Crippen molar-refractivity contribution in [2.75, 3.05) is 111 Å². The summed E-state index contributed by atoms with van der Waals surface area (Å²) in [5, 5.41) is 37.4. The number of hydrogen-bond acceptors (Lipinski definition) is 27. The minimum Gasteiger partial charge on any atom is -0.382 e. The van der Waals surface area contributed by atoms with Gasteiger partial charge >= 0.3 is 0 Å². The number of aromatic amines is 4. The summed E-state index contributed by atoms with van der Waals surface area (Å²) in [5.41, 5.74) is 35.7. The normalized spacial score (nSPS) is 12.4. The van der Waals surface area contributed by atoms with E-state index in [0.717, 1.165) is 89.6 Å². The lowest BCUT2D eigenvalue weighted by molar-refractivity contribution is 0.0759. The van der Waals surface area contributed by atoms with Crippen molar-refractivity contribution in [3.05, 3.63) is 264 Å². The zero-order valence-electron chi connectivity index (χ0n) is 68.0. The predicted molar refractivity (Wildman–Crippen MR) is 478 cm³/mol. The molecule has 0 saturated carbocycles. The maximum atomic E-state index is 13.0. The number of nitriles is 2. The SMILES string of the molecule is CN(C)C(=O)c1ccc(-c2cnc(N)c(C(=O)Nc3nc4ccccc4[nH]3)n2)cc1.N#Cc1cc(C(=O)N2CCCNCC2)ccc1-c1cnc(N)c(C(=O)Nc2nc3ccccc3[nH]2)n1.N#Cc1cnccc1-c1cnc(N)c(C(=O)Nc2nc3ccccc3[nH]2)n1.Nc1ncc(-c2ccc(C(=O)N3CCCNCC3)cc2)nc1C(=O)Nc1ccc2cc[nH]c2c1. The second-order valence-electron chi connectivity index (χ2n) is 28.9. The second-order valence-corrected chi connectivity index (χ2v) is 28.9. The smallest absolute Gasteiger partial charge is 0.280 e. The van der Waals surface area contributed by atoms with E-state index in [2.05, 4.69) is 118 Å². The van der Waals surface area contributed by atoms with Gasteiger partial charge in [0.15, 0.2) is 46.0 Å². The number of pyridine rings is 1. The molecule has 632 valence electrons. The predicted octanol–water partition coefficient (Wildman–Crippen LogP) is 9.73. The van der Waals surface area contributed by atoms with Crippen LogP contribution in [0.5, 0.6) is 0 Å². The number of para-hydroxylation sites is 6. The summed E-state index contributed by atoms with van der Waals surface area (Å²) in [6, 6.07) is 54.4. The fourth-order valence-electron chi connectivity index (χ4n) is 13.6. The van der Waals surface area contributed by atoms with E-state index in [-0.39, 0.29) is 86.9 Å². The molecule has 0 unspecified atom stereocenters. The lowest BCUT2D eigenvalue weighted by Gasteiger charge is -2.20. The number of anilines is 8. The van der Waals surface area contributed by atoms with Gasteiger partial charge in [-0.1, -0.05) is 72.8 Å². The van der Waals surface area contributed by atoms with E-state index in [9.17, 15) is 44.1 Å². The molecule has 7 aromatic carbocycles. The number of carbonyl (C=O) groups is 7. The van der Waals surface area contributed by atoms with Crippen LogP contribution in [0.2, 0.25) is 0 Å². The summed E-state index contributed by atoms with van der Waals surface area (Å²) >= 11 is 0. The van der Waals surface area contributed by atoms with Gasteiger partial charge in [0, 0.05) is 122 Å². The fourth-order valence-corrected chi connectivity index (χ4v) is 13.6. The number of amides is 7. The average Bonchev–Trinajstić information content (AvgIpc) is 1.37. The summed E-state index contributed by atoms with van der Waals surface area (Å²) in [5.74, 6) is -1.58. The molecule has 38 nitrogen and oxygen atoms in total. The number of carbonyl (C=O) groups excluding carboxylic acids is 7. The fraction of sp³-hybridized carbons (Fsp3) is 0.135. The Hall–Kier alpha value is -17.7. The zero-order valence-corrected chi connectivity index (χ0v) is 68.0. The second kappa shape index (κ2) is 38.4. The Kier molecular flexibility index (Phi) is 25.5. The Morgan fingerprint density at radius 1 is 0.409 bits per heavy atom. The van der Waals surface area contributed by atoms with Crippen LogP contribution in [0.15, 0.2) is 213 Å². The quantitative estimate of drug-likeness (QED) is 0.0454. The first-order chi connectivity index (χ1) is 61.7. The number of nitrogens with two attached hydrogens (primary N) is 4. The van der Waals surface area contributed by atoms with Gasteiger partial charge in [0.05, 0.1) is 97.9 Å². The van der Waals surface area contributed by atoms with Crippen LogP contribution in [0.4, 0.5) is 46.8 Å². The number of H-pyrrole nitrogens is 4. The molecule has 2 fully saturated rings. The highest BCUT2D eigenvalue weighted by Crippen LogP contribution is 2.30. The monoisotopic (exact) mass is 1690 g/mol.